The lowest BCUT2D eigenvalue weighted by atomic mass is 10.0. The lowest BCUT2D eigenvalue weighted by Crippen LogP contribution is -2.23. The number of nitrogens with one attached hydrogen (secondary N) is 1. The van der Waals surface area contributed by atoms with Gasteiger partial charge in [0, 0.05) is 18.8 Å². The van der Waals surface area contributed by atoms with Crippen LogP contribution in [0.1, 0.15) is 24.3 Å². The number of rotatable bonds is 3. The highest BCUT2D eigenvalue weighted by molar-refractivity contribution is 5.83. The van der Waals surface area contributed by atoms with Crippen molar-refractivity contribution in [2.75, 3.05) is 25.1 Å². The Bertz CT molecular complexity index is 440. The molecule has 2 heterocycles. The summed E-state index contributed by atoms with van der Waals surface area (Å²) < 4.78 is 10.8. The second-order valence-corrected chi connectivity index (χ2v) is 4.79. The van der Waals surface area contributed by atoms with Crippen molar-refractivity contribution in [1.29, 1.82) is 0 Å². The molecule has 0 radical (unpaired) electrons. The maximum atomic E-state index is 12.0. The van der Waals surface area contributed by atoms with E-state index < -0.39 is 0 Å². The van der Waals surface area contributed by atoms with Gasteiger partial charge in [-0.2, -0.15) is 0 Å². The van der Waals surface area contributed by atoms with Crippen molar-refractivity contribution in [3.05, 3.63) is 29.8 Å². The molecule has 4 heteroatoms. The quantitative estimate of drug-likeness (QED) is 0.829. The standard InChI is InChI=1S/C14H17NO3/c16-14(18-9-10-4-3-7-17-10)12-8-15-13-6-2-1-5-11(12)13/h1-2,5-6,10,12,15H,3-4,7-9H2. The molecule has 2 unspecified atom stereocenters. The number of para-hydroxylation sites is 1. The van der Waals surface area contributed by atoms with Crippen molar-refractivity contribution >= 4 is 11.7 Å². The van der Waals surface area contributed by atoms with Crippen LogP contribution in [0.4, 0.5) is 5.69 Å². The van der Waals surface area contributed by atoms with E-state index in [4.69, 9.17) is 9.47 Å². The molecular weight excluding hydrogens is 230 g/mol. The second-order valence-electron chi connectivity index (χ2n) is 4.79. The van der Waals surface area contributed by atoms with Gasteiger partial charge in [0.05, 0.1) is 6.10 Å². The number of carbonyl (C=O) groups excluding carboxylic acids is 1. The van der Waals surface area contributed by atoms with E-state index >= 15 is 0 Å². The van der Waals surface area contributed by atoms with E-state index in [9.17, 15) is 4.79 Å². The first kappa shape index (κ1) is 11.5. The lowest BCUT2D eigenvalue weighted by Gasteiger charge is -2.13. The average molecular weight is 247 g/mol. The van der Waals surface area contributed by atoms with Crippen molar-refractivity contribution in [2.24, 2.45) is 0 Å². The predicted molar refractivity (Wildman–Crippen MR) is 67.6 cm³/mol. The number of hydrogen-bond donors (Lipinski definition) is 1. The molecule has 0 spiro atoms. The predicted octanol–water partition coefficient (Wildman–Crippen LogP) is 1.92. The topological polar surface area (TPSA) is 47.6 Å². The summed E-state index contributed by atoms with van der Waals surface area (Å²) in [6.07, 6.45) is 2.15. The summed E-state index contributed by atoms with van der Waals surface area (Å²) in [7, 11) is 0. The second kappa shape index (κ2) is 4.98. The number of benzene rings is 1. The van der Waals surface area contributed by atoms with Gasteiger partial charge in [-0.15, -0.1) is 0 Å². The highest BCUT2D eigenvalue weighted by Crippen LogP contribution is 2.31. The van der Waals surface area contributed by atoms with E-state index in [1.54, 1.807) is 0 Å². The molecule has 2 atom stereocenters. The maximum Gasteiger partial charge on any atom is 0.315 e. The first-order valence-corrected chi connectivity index (χ1v) is 6.45. The van der Waals surface area contributed by atoms with Crippen molar-refractivity contribution in [1.82, 2.24) is 0 Å². The Hall–Kier alpha value is -1.55. The highest BCUT2D eigenvalue weighted by Gasteiger charge is 2.30. The molecule has 2 aliphatic heterocycles. The summed E-state index contributed by atoms with van der Waals surface area (Å²) in [6.45, 7) is 1.80. The minimum absolute atomic E-state index is 0.0959. The zero-order valence-corrected chi connectivity index (χ0v) is 10.2. The molecular formula is C14H17NO3. The molecule has 96 valence electrons. The van der Waals surface area contributed by atoms with Crippen LogP contribution in [0.15, 0.2) is 24.3 Å². The van der Waals surface area contributed by atoms with Crippen molar-refractivity contribution in [2.45, 2.75) is 24.9 Å². The zero-order chi connectivity index (χ0) is 12.4. The summed E-state index contributed by atoms with van der Waals surface area (Å²) in [5.41, 5.74) is 2.08. The monoisotopic (exact) mass is 247 g/mol. The van der Waals surface area contributed by atoms with Gasteiger partial charge in [0.1, 0.15) is 12.5 Å². The third-order valence-corrected chi connectivity index (χ3v) is 3.55. The van der Waals surface area contributed by atoms with Gasteiger partial charge in [-0.05, 0) is 24.5 Å². The molecule has 0 saturated carbocycles. The van der Waals surface area contributed by atoms with E-state index in [1.807, 2.05) is 24.3 Å². The molecule has 1 fully saturated rings. The number of esters is 1. The normalized spacial score (nSPS) is 25.6. The van der Waals surface area contributed by atoms with Crippen molar-refractivity contribution in [3.8, 4) is 0 Å². The largest absolute Gasteiger partial charge is 0.462 e. The number of fused-ring (bicyclic) bond motifs is 1. The molecule has 0 aliphatic carbocycles. The maximum absolute atomic E-state index is 12.0. The summed E-state index contributed by atoms with van der Waals surface area (Å²) >= 11 is 0. The van der Waals surface area contributed by atoms with Crippen LogP contribution >= 0.6 is 0 Å². The third kappa shape index (κ3) is 2.20. The molecule has 1 aromatic carbocycles. The van der Waals surface area contributed by atoms with Gasteiger partial charge < -0.3 is 14.8 Å². The van der Waals surface area contributed by atoms with Crippen LogP contribution in [-0.2, 0) is 14.3 Å². The van der Waals surface area contributed by atoms with Gasteiger partial charge >= 0.3 is 5.97 Å². The van der Waals surface area contributed by atoms with Gasteiger partial charge in [0.2, 0.25) is 0 Å². The Balaban J connectivity index is 1.60. The van der Waals surface area contributed by atoms with E-state index in [0.717, 1.165) is 30.7 Å². The van der Waals surface area contributed by atoms with Crippen molar-refractivity contribution < 1.29 is 14.3 Å². The number of anilines is 1. The molecule has 4 nitrogen and oxygen atoms in total. The van der Waals surface area contributed by atoms with Crippen LogP contribution in [-0.4, -0.2) is 31.8 Å². The molecule has 18 heavy (non-hydrogen) atoms. The fourth-order valence-electron chi connectivity index (χ4n) is 2.55. The summed E-state index contributed by atoms with van der Waals surface area (Å²) in [5, 5.41) is 3.23. The number of carbonyl (C=O) groups is 1. The van der Waals surface area contributed by atoms with Gasteiger partial charge in [-0.25, -0.2) is 0 Å². The fourth-order valence-corrected chi connectivity index (χ4v) is 2.55. The third-order valence-electron chi connectivity index (χ3n) is 3.55. The van der Waals surface area contributed by atoms with E-state index in [1.165, 1.54) is 0 Å². The first-order chi connectivity index (χ1) is 8.84. The van der Waals surface area contributed by atoms with Gasteiger partial charge in [0.15, 0.2) is 0 Å². The van der Waals surface area contributed by atoms with Crippen molar-refractivity contribution in [3.63, 3.8) is 0 Å². The van der Waals surface area contributed by atoms with Crippen LogP contribution in [0.25, 0.3) is 0 Å². The molecule has 0 amide bonds. The minimum Gasteiger partial charge on any atom is -0.462 e. The molecule has 0 bridgehead atoms. The van der Waals surface area contributed by atoms with Crippen LogP contribution in [0, 0.1) is 0 Å². The lowest BCUT2D eigenvalue weighted by molar-refractivity contribution is -0.148. The SMILES string of the molecule is O=C(OCC1CCCO1)C1CNc2ccccc21. The molecule has 1 N–H and O–H groups in total. The zero-order valence-electron chi connectivity index (χ0n) is 10.2. The van der Waals surface area contributed by atoms with Crippen LogP contribution < -0.4 is 5.32 Å². The minimum atomic E-state index is -0.178. The average Bonchev–Trinajstić information content (AvgIpc) is 3.05. The highest BCUT2D eigenvalue weighted by atomic mass is 16.6. The molecule has 0 aromatic heterocycles. The number of ether oxygens (including phenoxy) is 2. The van der Waals surface area contributed by atoms with E-state index in [2.05, 4.69) is 5.32 Å². The Kier molecular flexibility index (Phi) is 3.19. The fraction of sp³-hybridized carbons (Fsp3) is 0.500. The summed E-state index contributed by atoms with van der Waals surface area (Å²) in [5.74, 6) is -0.328. The van der Waals surface area contributed by atoms with Gasteiger partial charge in [-0.3, -0.25) is 4.79 Å². The van der Waals surface area contributed by atoms with Crippen LogP contribution in [0.5, 0.6) is 0 Å². The van der Waals surface area contributed by atoms with Gasteiger partial charge in [0.25, 0.3) is 0 Å². The van der Waals surface area contributed by atoms with Crippen LogP contribution in [0.3, 0.4) is 0 Å². The Morgan fingerprint density at radius 2 is 2.33 bits per heavy atom. The Labute approximate surface area is 106 Å². The Morgan fingerprint density at radius 1 is 1.44 bits per heavy atom. The van der Waals surface area contributed by atoms with Crippen LogP contribution in [0.2, 0.25) is 0 Å². The molecule has 1 saturated heterocycles. The van der Waals surface area contributed by atoms with E-state index in [-0.39, 0.29) is 18.0 Å². The molecule has 2 aliphatic rings. The molecule has 3 rings (SSSR count). The molecule has 1 aromatic rings. The first-order valence-electron chi connectivity index (χ1n) is 6.45. The Morgan fingerprint density at radius 3 is 3.17 bits per heavy atom. The smallest absolute Gasteiger partial charge is 0.315 e. The van der Waals surface area contributed by atoms with Gasteiger partial charge in [-0.1, -0.05) is 18.2 Å². The number of hydrogen-bond acceptors (Lipinski definition) is 4. The summed E-state index contributed by atoms with van der Waals surface area (Å²) in [6, 6.07) is 7.88. The summed E-state index contributed by atoms with van der Waals surface area (Å²) in [4.78, 5) is 12.0. The van der Waals surface area contributed by atoms with E-state index in [0.29, 0.717) is 13.2 Å².